The number of pyridine rings is 1. The Morgan fingerprint density at radius 3 is 2.73 bits per heavy atom. The van der Waals surface area contributed by atoms with Crippen LogP contribution in [0.1, 0.15) is 36.3 Å². The number of anilines is 1. The van der Waals surface area contributed by atoms with E-state index in [1.807, 2.05) is 41.1 Å². The first-order valence-corrected chi connectivity index (χ1v) is 13.6. The molecule has 0 amide bonds. The maximum Gasteiger partial charge on any atom is 0.252 e. The van der Waals surface area contributed by atoms with Crippen LogP contribution in [0.25, 0.3) is 39.0 Å². The highest BCUT2D eigenvalue weighted by molar-refractivity contribution is 6.31. The molecule has 2 aromatic carbocycles. The van der Waals surface area contributed by atoms with Gasteiger partial charge in [0, 0.05) is 39.2 Å². The number of imidazole rings is 1. The fourth-order valence-corrected chi connectivity index (χ4v) is 6.57. The third kappa shape index (κ3) is 3.46. The number of hydrogen-bond acceptors (Lipinski definition) is 6. The predicted molar refractivity (Wildman–Crippen MR) is 153 cm³/mol. The van der Waals surface area contributed by atoms with E-state index in [2.05, 4.69) is 31.6 Å². The van der Waals surface area contributed by atoms with Gasteiger partial charge in [0.25, 0.3) is 5.56 Å². The summed E-state index contributed by atoms with van der Waals surface area (Å²) in [6.45, 7) is 0. The van der Waals surface area contributed by atoms with E-state index in [1.165, 1.54) is 0 Å². The van der Waals surface area contributed by atoms with Gasteiger partial charge in [-0.2, -0.15) is 5.10 Å². The Hall–Kier alpha value is -4.41. The van der Waals surface area contributed by atoms with E-state index in [4.69, 9.17) is 33.9 Å². The van der Waals surface area contributed by atoms with Gasteiger partial charge in [0.1, 0.15) is 5.82 Å². The Morgan fingerprint density at radius 1 is 1.02 bits per heavy atom. The number of nitrogen functional groups attached to an aromatic ring is 1. The summed E-state index contributed by atoms with van der Waals surface area (Å²) in [5.74, 6) is 1.83. The smallest absolute Gasteiger partial charge is 0.252 e. The number of fused-ring (bicyclic) bond motifs is 4. The topological polar surface area (TPSA) is 136 Å². The van der Waals surface area contributed by atoms with Crippen LogP contribution in [0, 0.1) is 5.92 Å². The molecular formula is C28H21Cl2N9O. The molecule has 6 aromatic rings. The van der Waals surface area contributed by atoms with Crippen LogP contribution < -0.4 is 11.3 Å². The first-order valence-electron chi connectivity index (χ1n) is 12.9. The van der Waals surface area contributed by atoms with Crippen molar-refractivity contribution in [3.63, 3.8) is 0 Å². The van der Waals surface area contributed by atoms with Crippen LogP contribution in [0.15, 0.2) is 65.7 Å². The number of halogens is 2. The lowest BCUT2D eigenvalue weighted by atomic mass is 9.71. The summed E-state index contributed by atoms with van der Waals surface area (Å²) >= 11 is 12.4. The summed E-state index contributed by atoms with van der Waals surface area (Å²) in [7, 11) is 0. The number of H-pyrrole nitrogens is 2. The highest BCUT2D eigenvalue weighted by Crippen LogP contribution is 2.55. The third-order valence-corrected chi connectivity index (χ3v) is 8.66. The second kappa shape index (κ2) is 8.54. The minimum Gasteiger partial charge on any atom is -0.382 e. The van der Waals surface area contributed by atoms with Crippen molar-refractivity contribution in [2.24, 2.45) is 5.92 Å². The lowest BCUT2D eigenvalue weighted by molar-refractivity contribution is 0.237. The Balaban J connectivity index is 1.21. The van der Waals surface area contributed by atoms with Crippen molar-refractivity contribution in [2.75, 3.05) is 5.73 Å². The first kappa shape index (κ1) is 23.5. The quantitative estimate of drug-likeness (QED) is 0.262. The zero-order valence-electron chi connectivity index (χ0n) is 20.8. The molecule has 10 nitrogen and oxygen atoms in total. The highest BCUT2D eigenvalue weighted by atomic mass is 35.5. The number of hydrogen-bond donors (Lipinski definition) is 3. The lowest BCUT2D eigenvalue weighted by Crippen LogP contribution is -2.28. The van der Waals surface area contributed by atoms with Gasteiger partial charge in [-0.05, 0) is 60.7 Å². The largest absolute Gasteiger partial charge is 0.382 e. The van der Waals surface area contributed by atoms with Gasteiger partial charge < -0.3 is 15.3 Å². The average Bonchev–Trinajstić information content (AvgIpc) is 3.70. The molecule has 0 radical (unpaired) electrons. The minimum atomic E-state index is -0.163. The SMILES string of the molecule is Nc1n[nH]c2cc(-c3cnc([C@@H]4[C@H]5CC[C@H]5c5cc(-c6cc(Cl)ccc6-n6cc(Cl)nn6)cc(=O)n54)[nH]3)ccc12. The Labute approximate surface area is 236 Å². The molecule has 40 heavy (non-hydrogen) atoms. The van der Waals surface area contributed by atoms with Crippen LogP contribution in [-0.2, 0) is 0 Å². The fraction of sp³-hybridized carbons (Fsp3) is 0.179. The number of nitrogens with one attached hydrogen (secondary N) is 2. The van der Waals surface area contributed by atoms with E-state index >= 15 is 0 Å². The maximum absolute atomic E-state index is 13.8. The zero-order valence-corrected chi connectivity index (χ0v) is 22.4. The molecule has 0 saturated heterocycles. The highest BCUT2D eigenvalue weighted by Gasteiger charge is 2.48. The third-order valence-electron chi connectivity index (χ3n) is 8.25. The minimum absolute atomic E-state index is 0.0817. The van der Waals surface area contributed by atoms with Crippen LogP contribution in [-0.4, -0.2) is 39.7 Å². The van der Waals surface area contributed by atoms with Gasteiger partial charge in [-0.1, -0.05) is 34.5 Å². The van der Waals surface area contributed by atoms with Gasteiger partial charge in [0.05, 0.1) is 35.3 Å². The van der Waals surface area contributed by atoms with E-state index in [-0.39, 0.29) is 22.7 Å². The van der Waals surface area contributed by atoms with E-state index in [0.29, 0.717) is 16.8 Å². The van der Waals surface area contributed by atoms with E-state index in [0.717, 1.165) is 63.3 Å². The molecule has 1 fully saturated rings. The van der Waals surface area contributed by atoms with Crippen molar-refractivity contribution in [2.45, 2.75) is 24.8 Å². The predicted octanol–water partition coefficient (Wildman–Crippen LogP) is 5.35. The van der Waals surface area contributed by atoms with Crippen molar-refractivity contribution in [1.82, 2.24) is 39.7 Å². The molecule has 0 spiro atoms. The van der Waals surface area contributed by atoms with Gasteiger partial charge in [-0.3, -0.25) is 9.89 Å². The summed E-state index contributed by atoms with van der Waals surface area (Å²) in [6.07, 6.45) is 5.50. The molecule has 1 aliphatic carbocycles. The molecule has 0 unspecified atom stereocenters. The van der Waals surface area contributed by atoms with E-state index < -0.39 is 0 Å². The summed E-state index contributed by atoms with van der Waals surface area (Å²) in [6, 6.07) is 15.0. The fourth-order valence-electron chi connectivity index (χ4n) is 6.27. The molecule has 198 valence electrons. The zero-order chi connectivity index (χ0) is 27.1. The van der Waals surface area contributed by atoms with E-state index in [1.54, 1.807) is 23.0 Å². The van der Waals surface area contributed by atoms with Gasteiger partial charge in [-0.15, -0.1) is 5.10 Å². The van der Waals surface area contributed by atoms with Crippen molar-refractivity contribution >= 4 is 39.9 Å². The number of nitrogens with zero attached hydrogens (tertiary/aromatic N) is 6. The molecule has 0 bridgehead atoms. The summed E-state index contributed by atoms with van der Waals surface area (Å²) in [4.78, 5) is 22.0. The normalized spacial score (nSPS) is 19.5. The second-order valence-corrected chi connectivity index (χ2v) is 11.2. The summed E-state index contributed by atoms with van der Waals surface area (Å²) in [5.41, 5.74) is 11.8. The van der Waals surface area contributed by atoms with Crippen LogP contribution in [0.4, 0.5) is 5.82 Å². The molecule has 1 saturated carbocycles. The molecule has 3 atom stereocenters. The van der Waals surface area contributed by atoms with Gasteiger partial charge in [-0.25, -0.2) is 9.67 Å². The molecular weight excluding hydrogens is 549 g/mol. The van der Waals surface area contributed by atoms with Crippen LogP contribution in [0.2, 0.25) is 10.2 Å². The number of nitrogens with two attached hydrogens (primary N) is 1. The second-order valence-electron chi connectivity index (χ2n) is 10.4. The first-order chi connectivity index (χ1) is 19.4. The van der Waals surface area contributed by atoms with Crippen LogP contribution in [0.5, 0.6) is 0 Å². The van der Waals surface area contributed by atoms with Gasteiger partial charge in [0.15, 0.2) is 11.0 Å². The van der Waals surface area contributed by atoms with Crippen LogP contribution in [0.3, 0.4) is 0 Å². The number of aromatic nitrogens is 8. The Kier molecular flexibility index (Phi) is 5.01. The summed E-state index contributed by atoms with van der Waals surface area (Å²) in [5, 5.41) is 16.8. The van der Waals surface area contributed by atoms with Crippen molar-refractivity contribution < 1.29 is 0 Å². The van der Waals surface area contributed by atoms with Crippen molar-refractivity contribution in [1.29, 1.82) is 0 Å². The van der Waals surface area contributed by atoms with Crippen LogP contribution >= 0.6 is 23.2 Å². The Morgan fingerprint density at radius 2 is 1.93 bits per heavy atom. The molecule has 4 aromatic heterocycles. The number of benzene rings is 2. The Bertz CT molecular complexity index is 2020. The lowest BCUT2D eigenvalue weighted by Gasteiger charge is -2.32. The van der Waals surface area contributed by atoms with Gasteiger partial charge in [0.2, 0.25) is 0 Å². The molecule has 1 aliphatic heterocycles. The molecule has 12 heteroatoms. The summed E-state index contributed by atoms with van der Waals surface area (Å²) < 4.78 is 3.50. The molecule has 2 aliphatic rings. The molecule has 8 rings (SSSR count). The number of rotatable bonds is 4. The average molecular weight is 570 g/mol. The molecule has 5 heterocycles. The monoisotopic (exact) mass is 569 g/mol. The van der Waals surface area contributed by atoms with E-state index in [9.17, 15) is 4.79 Å². The molecule has 4 N–H and O–H groups in total. The van der Waals surface area contributed by atoms with Gasteiger partial charge >= 0.3 is 0 Å². The van der Waals surface area contributed by atoms with Crippen molar-refractivity contribution in [3.05, 3.63) is 93.0 Å². The maximum atomic E-state index is 13.8. The van der Waals surface area contributed by atoms with Crippen molar-refractivity contribution in [3.8, 4) is 28.1 Å². The standard InChI is InChI=1S/C28H21Cl2N9O/c29-15-2-6-22(38-12-24(30)35-37-38)19(10-15)14-8-23-16-4-5-17(16)26(39(23)25(40)9-14)28-32-11-21(33-28)13-1-3-18-20(7-13)34-36-27(18)31/h1-3,6-12,16-17,26H,4-5H2,(H,32,33)(H3,31,34,36)/t16-,17+,26+/m1/s1. The number of aromatic amines is 2.